The number of aromatic amines is 1. The maximum absolute atomic E-state index is 12.7. The molecule has 2 aliphatic heterocycles. The van der Waals surface area contributed by atoms with E-state index in [2.05, 4.69) is 25.6 Å². The SMILES string of the molecule is O=C(C1CCc2[nH]nnc2C1)N1CCC2(CC1)CNC2.O=C(O)C(F)(F)F. The summed E-state index contributed by atoms with van der Waals surface area (Å²) in [5, 5.41) is 21.4. The molecule has 3 aliphatic rings. The summed E-state index contributed by atoms with van der Waals surface area (Å²) in [5.74, 6) is -2.31. The van der Waals surface area contributed by atoms with Crippen LogP contribution in [-0.2, 0) is 22.4 Å². The highest BCUT2D eigenvalue weighted by Crippen LogP contribution is 2.36. The van der Waals surface area contributed by atoms with Crippen LogP contribution in [0.3, 0.4) is 0 Å². The molecule has 1 aliphatic carbocycles. The van der Waals surface area contributed by atoms with Crippen molar-refractivity contribution < 1.29 is 27.9 Å². The molecule has 1 amide bonds. The van der Waals surface area contributed by atoms with Gasteiger partial charge >= 0.3 is 12.1 Å². The lowest BCUT2D eigenvalue weighted by molar-refractivity contribution is -0.192. The van der Waals surface area contributed by atoms with Crippen molar-refractivity contribution in [2.45, 2.75) is 38.3 Å². The molecule has 27 heavy (non-hydrogen) atoms. The highest BCUT2D eigenvalue weighted by molar-refractivity contribution is 5.79. The highest BCUT2D eigenvalue weighted by Gasteiger charge is 2.41. The maximum atomic E-state index is 12.7. The van der Waals surface area contributed by atoms with E-state index in [4.69, 9.17) is 9.90 Å². The van der Waals surface area contributed by atoms with Crippen LogP contribution < -0.4 is 5.32 Å². The molecule has 8 nitrogen and oxygen atoms in total. The molecule has 1 spiro atoms. The average Bonchev–Trinajstić information content (AvgIpc) is 3.07. The Morgan fingerprint density at radius 3 is 2.37 bits per heavy atom. The summed E-state index contributed by atoms with van der Waals surface area (Å²) in [6.45, 7) is 4.15. The number of alkyl halides is 3. The van der Waals surface area contributed by atoms with Crippen LogP contribution in [0.25, 0.3) is 0 Å². The number of aromatic nitrogens is 3. The van der Waals surface area contributed by atoms with E-state index >= 15 is 0 Å². The molecule has 0 aromatic carbocycles. The van der Waals surface area contributed by atoms with Crippen LogP contribution in [0.1, 0.15) is 30.7 Å². The third-order valence-corrected chi connectivity index (χ3v) is 5.61. The molecule has 11 heteroatoms. The van der Waals surface area contributed by atoms with Gasteiger partial charge in [0, 0.05) is 38.5 Å². The second-order valence-corrected chi connectivity index (χ2v) is 7.41. The van der Waals surface area contributed by atoms with Crippen molar-refractivity contribution in [3.63, 3.8) is 0 Å². The second kappa shape index (κ2) is 7.45. The lowest BCUT2D eigenvalue weighted by Gasteiger charge is -2.48. The van der Waals surface area contributed by atoms with Crippen molar-refractivity contribution in [1.82, 2.24) is 25.6 Å². The quantitative estimate of drug-likeness (QED) is 0.654. The van der Waals surface area contributed by atoms with E-state index < -0.39 is 12.1 Å². The number of nitrogens with zero attached hydrogens (tertiary/aromatic N) is 3. The number of carboxylic acid groups (broad SMARTS) is 1. The standard InChI is InChI=1S/C14H21N5O.C2HF3O2/c20-13(10-1-2-11-12(7-10)17-18-16-11)19-5-3-14(4-6-19)8-15-9-14;3-2(4,5)1(6)7/h10,15H,1-9H2,(H,16,17,18);(H,6,7). The summed E-state index contributed by atoms with van der Waals surface area (Å²) in [6, 6.07) is 0. The highest BCUT2D eigenvalue weighted by atomic mass is 19.4. The summed E-state index contributed by atoms with van der Waals surface area (Å²) < 4.78 is 31.7. The van der Waals surface area contributed by atoms with Gasteiger partial charge in [0.15, 0.2) is 0 Å². The maximum Gasteiger partial charge on any atom is 0.490 e. The molecule has 2 saturated heterocycles. The van der Waals surface area contributed by atoms with Gasteiger partial charge in [-0.05, 0) is 31.1 Å². The predicted octanol–water partition coefficient (Wildman–Crippen LogP) is 0.755. The molecule has 150 valence electrons. The van der Waals surface area contributed by atoms with Crippen molar-refractivity contribution in [2.75, 3.05) is 26.2 Å². The number of hydrogen-bond acceptors (Lipinski definition) is 5. The Kier molecular flexibility index (Phi) is 5.41. The zero-order valence-corrected chi connectivity index (χ0v) is 14.7. The van der Waals surface area contributed by atoms with E-state index in [0.29, 0.717) is 11.3 Å². The molecule has 1 atom stereocenters. The fourth-order valence-corrected chi connectivity index (χ4v) is 3.79. The summed E-state index contributed by atoms with van der Waals surface area (Å²) in [4.78, 5) is 23.6. The van der Waals surface area contributed by atoms with Gasteiger partial charge in [-0.1, -0.05) is 5.21 Å². The number of hydrogen-bond donors (Lipinski definition) is 3. The first-order valence-electron chi connectivity index (χ1n) is 8.89. The molecule has 0 saturated carbocycles. The van der Waals surface area contributed by atoms with Crippen LogP contribution in [0.4, 0.5) is 13.2 Å². The van der Waals surface area contributed by atoms with E-state index in [0.717, 1.165) is 69.7 Å². The average molecular weight is 389 g/mol. The van der Waals surface area contributed by atoms with Gasteiger partial charge in [0.05, 0.1) is 11.4 Å². The number of aliphatic carboxylic acids is 1. The van der Waals surface area contributed by atoms with E-state index in [9.17, 15) is 18.0 Å². The minimum atomic E-state index is -5.08. The summed E-state index contributed by atoms with van der Waals surface area (Å²) >= 11 is 0. The fourth-order valence-electron chi connectivity index (χ4n) is 3.79. The van der Waals surface area contributed by atoms with Gasteiger partial charge in [0.1, 0.15) is 0 Å². The lowest BCUT2D eigenvalue weighted by atomic mass is 9.73. The van der Waals surface area contributed by atoms with Gasteiger partial charge < -0.3 is 15.3 Å². The molecular weight excluding hydrogens is 367 g/mol. The first kappa shape index (κ1) is 19.6. The van der Waals surface area contributed by atoms with Crippen molar-refractivity contribution in [3.05, 3.63) is 11.4 Å². The summed E-state index contributed by atoms with van der Waals surface area (Å²) in [5.41, 5.74) is 2.61. The number of likely N-dealkylation sites (tertiary alicyclic amines) is 1. The number of carboxylic acids is 1. The Hall–Kier alpha value is -2.17. The first-order chi connectivity index (χ1) is 12.7. The number of carbonyl (C=O) groups excluding carboxylic acids is 1. The summed E-state index contributed by atoms with van der Waals surface area (Å²) in [6.07, 6.45) is -0.172. The van der Waals surface area contributed by atoms with E-state index in [1.54, 1.807) is 0 Å². The number of amides is 1. The fraction of sp³-hybridized carbons (Fsp3) is 0.750. The zero-order chi connectivity index (χ0) is 19.7. The van der Waals surface area contributed by atoms with Gasteiger partial charge in [0.2, 0.25) is 5.91 Å². The molecule has 1 aromatic heterocycles. The van der Waals surface area contributed by atoms with Crippen molar-refractivity contribution in [3.8, 4) is 0 Å². The van der Waals surface area contributed by atoms with Crippen LogP contribution in [0, 0.1) is 11.3 Å². The Morgan fingerprint density at radius 1 is 1.22 bits per heavy atom. The first-order valence-corrected chi connectivity index (χ1v) is 8.89. The Bertz CT molecular complexity index is 692. The van der Waals surface area contributed by atoms with Crippen LogP contribution in [-0.4, -0.2) is 69.6 Å². The second-order valence-electron chi connectivity index (χ2n) is 7.41. The molecule has 0 radical (unpaired) electrons. The smallest absolute Gasteiger partial charge is 0.475 e. The van der Waals surface area contributed by atoms with Crippen molar-refractivity contribution >= 4 is 11.9 Å². The van der Waals surface area contributed by atoms with Crippen LogP contribution in [0.2, 0.25) is 0 Å². The number of carbonyl (C=O) groups is 2. The number of fused-ring (bicyclic) bond motifs is 1. The van der Waals surface area contributed by atoms with Gasteiger partial charge in [-0.25, -0.2) is 4.79 Å². The van der Waals surface area contributed by atoms with Crippen LogP contribution in [0.15, 0.2) is 0 Å². The van der Waals surface area contributed by atoms with E-state index in [-0.39, 0.29) is 5.92 Å². The zero-order valence-electron chi connectivity index (χ0n) is 14.7. The topological polar surface area (TPSA) is 111 Å². The molecule has 1 aromatic rings. The molecule has 4 rings (SSSR count). The number of aryl methyl sites for hydroxylation is 1. The van der Waals surface area contributed by atoms with Crippen molar-refractivity contribution in [1.29, 1.82) is 0 Å². The normalized spacial score (nSPS) is 23.7. The lowest BCUT2D eigenvalue weighted by Crippen LogP contribution is -2.59. The van der Waals surface area contributed by atoms with E-state index in [1.165, 1.54) is 0 Å². The minimum Gasteiger partial charge on any atom is -0.475 e. The third kappa shape index (κ3) is 4.40. The third-order valence-electron chi connectivity index (χ3n) is 5.61. The number of H-pyrrole nitrogens is 1. The Labute approximate surface area is 153 Å². The number of piperidine rings is 1. The number of nitrogens with one attached hydrogen (secondary N) is 2. The van der Waals surface area contributed by atoms with Gasteiger partial charge in [-0.15, -0.1) is 5.10 Å². The Balaban J connectivity index is 0.000000260. The van der Waals surface area contributed by atoms with Gasteiger partial charge in [0.25, 0.3) is 0 Å². The molecule has 0 bridgehead atoms. The van der Waals surface area contributed by atoms with Gasteiger partial charge in [-0.3, -0.25) is 9.89 Å². The van der Waals surface area contributed by atoms with Crippen LogP contribution >= 0.6 is 0 Å². The number of rotatable bonds is 1. The van der Waals surface area contributed by atoms with Crippen molar-refractivity contribution in [2.24, 2.45) is 11.3 Å². The Morgan fingerprint density at radius 2 is 1.85 bits per heavy atom. The molecule has 3 N–H and O–H groups in total. The molecule has 3 heterocycles. The molecular formula is C16H22F3N5O3. The number of halogens is 3. The predicted molar refractivity (Wildman–Crippen MR) is 86.7 cm³/mol. The molecule has 2 fully saturated rings. The van der Waals surface area contributed by atoms with E-state index in [1.807, 2.05) is 0 Å². The molecule has 1 unspecified atom stereocenters. The van der Waals surface area contributed by atoms with Crippen LogP contribution in [0.5, 0.6) is 0 Å². The largest absolute Gasteiger partial charge is 0.490 e. The summed E-state index contributed by atoms with van der Waals surface area (Å²) in [7, 11) is 0. The minimum absolute atomic E-state index is 0.112. The monoisotopic (exact) mass is 389 g/mol. The van der Waals surface area contributed by atoms with Gasteiger partial charge in [-0.2, -0.15) is 13.2 Å².